The van der Waals surface area contributed by atoms with Crippen molar-refractivity contribution in [1.29, 1.82) is 0 Å². The summed E-state index contributed by atoms with van der Waals surface area (Å²) >= 11 is 0. The first-order chi connectivity index (χ1) is 17.3. The maximum atomic E-state index is 13.5. The number of hydrogen-bond acceptors (Lipinski definition) is 7. The number of carbonyl (C=O) groups is 1. The van der Waals surface area contributed by atoms with E-state index in [1.807, 2.05) is 11.8 Å². The number of alkyl halides is 6. The summed E-state index contributed by atoms with van der Waals surface area (Å²) in [6.45, 7) is 2.42. The average molecular weight is 532 g/mol. The van der Waals surface area contributed by atoms with Crippen LogP contribution in [0.4, 0.5) is 36.6 Å². The minimum Gasteiger partial charge on any atom is -0.334 e. The van der Waals surface area contributed by atoms with Crippen molar-refractivity contribution in [3.05, 3.63) is 53.5 Å². The molecule has 1 aliphatic heterocycles. The molecule has 0 spiro atoms. The SMILES string of the molecule is CC1CC(C(=O)Nc2ccnc(C(F)(F)F)n2)CCN1Cc1noc(-c2ccc(F)c(C(F)(F)F)c2)n1. The number of likely N-dealkylation sites (tertiary alicyclic amines) is 1. The van der Waals surface area contributed by atoms with Crippen molar-refractivity contribution >= 4 is 11.7 Å². The van der Waals surface area contributed by atoms with Crippen molar-refractivity contribution in [2.75, 3.05) is 11.9 Å². The highest BCUT2D eigenvalue weighted by atomic mass is 19.4. The minimum atomic E-state index is -4.89. The zero-order chi connectivity index (χ0) is 27.0. The van der Waals surface area contributed by atoms with Crippen molar-refractivity contribution in [3.8, 4) is 11.5 Å². The Bertz CT molecular complexity index is 1280. The molecule has 1 N–H and O–H groups in total. The lowest BCUT2D eigenvalue weighted by molar-refractivity contribution is -0.145. The third kappa shape index (κ3) is 6.21. The van der Waals surface area contributed by atoms with E-state index in [4.69, 9.17) is 4.52 Å². The van der Waals surface area contributed by atoms with Crippen LogP contribution in [0, 0.1) is 11.7 Å². The molecule has 0 saturated carbocycles. The smallest absolute Gasteiger partial charge is 0.334 e. The molecule has 1 aromatic carbocycles. The maximum absolute atomic E-state index is 13.5. The number of hydrogen-bond donors (Lipinski definition) is 1. The van der Waals surface area contributed by atoms with E-state index in [0.29, 0.717) is 31.5 Å². The van der Waals surface area contributed by atoms with Crippen molar-refractivity contribution in [2.24, 2.45) is 5.92 Å². The number of carbonyl (C=O) groups excluding carboxylic acids is 1. The van der Waals surface area contributed by atoms with E-state index < -0.39 is 41.4 Å². The molecular weight excluding hydrogens is 513 g/mol. The van der Waals surface area contributed by atoms with Gasteiger partial charge in [0.1, 0.15) is 11.6 Å². The number of nitrogens with zero attached hydrogens (tertiary/aromatic N) is 5. The lowest BCUT2D eigenvalue weighted by Crippen LogP contribution is -2.43. The fourth-order valence-corrected chi connectivity index (χ4v) is 3.98. The number of rotatable bonds is 5. The second-order valence-electron chi connectivity index (χ2n) is 8.50. The normalized spacial score (nSPS) is 19.1. The van der Waals surface area contributed by atoms with Crippen LogP contribution in [0.5, 0.6) is 0 Å². The van der Waals surface area contributed by atoms with Crippen LogP contribution in [0.3, 0.4) is 0 Å². The summed E-state index contributed by atoms with van der Waals surface area (Å²) < 4.78 is 95.9. The molecule has 0 radical (unpaired) electrons. The van der Waals surface area contributed by atoms with Gasteiger partial charge in [-0.25, -0.2) is 14.4 Å². The van der Waals surface area contributed by atoms with Crippen molar-refractivity contribution in [2.45, 2.75) is 44.7 Å². The largest absolute Gasteiger partial charge is 0.451 e. The topological polar surface area (TPSA) is 97.0 Å². The molecule has 198 valence electrons. The number of halogens is 7. The summed E-state index contributed by atoms with van der Waals surface area (Å²) in [6, 6.07) is 3.37. The van der Waals surface area contributed by atoms with Crippen LogP contribution in [-0.2, 0) is 23.7 Å². The maximum Gasteiger partial charge on any atom is 0.451 e. The zero-order valence-electron chi connectivity index (χ0n) is 19.1. The Labute approximate surface area is 204 Å². The average Bonchev–Trinajstić information content (AvgIpc) is 3.28. The van der Waals surface area contributed by atoms with E-state index in [1.165, 1.54) is 0 Å². The Kier molecular flexibility index (Phi) is 7.17. The van der Waals surface area contributed by atoms with Crippen LogP contribution >= 0.6 is 0 Å². The zero-order valence-corrected chi connectivity index (χ0v) is 19.1. The molecule has 15 heteroatoms. The highest BCUT2D eigenvalue weighted by Gasteiger charge is 2.36. The Morgan fingerprint density at radius 1 is 1.14 bits per heavy atom. The molecule has 2 atom stereocenters. The summed E-state index contributed by atoms with van der Waals surface area (Å²) in [7, 11) is 0. The molecule has 1 saturated heterocycles. The number of nitrogens with one attached hydrogen (secondary N) is 1. The Hall–Kier alpha value is -3.62. The van der Waals surface area contributed by atoms with Crippen LogP contribution in [0.2, 0.25) is 0 Å². The van der Waals surface area contributed by atoms with Gasteiger partial charge < -0.3 is 9.84 Å². The first kappa shape index (κ1) is 26.4. The van der Waals surface area contributed by atoms with Crippen LogP contribution in [0.1, 0.15) is 37.0 Å². The summed E-state index contributed by atoms with van der Waals surface area (Å²) in [5.41, 5.74) is -1.54. The molecule has 0 aliphatic carbocycles. The van der Waals surface area contributed by atoms with Crippen LogP contribution < -0.4 is 5.32 Å². The number of amides is 1. The predicted octanol–water partition coefficient (Wildman–Crippen LogP) is 4.94. The highest BCUT2D eigenvalue weighted by Crippen LogP contribution is 2.34. The lowest BCUT2D eigenvalue weighted by atomic mass is 9.91. The van der Waals surface area contributed by atoms with Gasteiger partial charge in [-0.2, -0.15) is 31.3 Å². The number of benzene rings is 1. The molecule has 4 rings (SSSR count). The molecule has 3 heterocycles. The molecule has 8 nitrogen and oxygen atoms in total. The molecule has 2 unspecified atom stereocenters. The van der Waals surface area contributed by atoms with Gasteiger partial charge in [0.25, 0.3) is 5.89 Å². The van der Waals surface area contributed by atoms with Crippen molar-refractivity contribution in [3.63, 3.8) is 0 Å². The van der Waals surface area contributed by atoms with Crippen LogP contribution in [-0.4, -0.2) is 43.5 Å². The first-order valence-electron chi connectivity index (χ1n) is 11.0. The van der Waals surface area contributed by atoms with E-state index in [2.05, 4.69) is 25.4 Å². The van der Waals surface area contributed by atoms with Gasteiger partial charge in [0.2, 0.25) is 11.7 Å². The third-order valence-corrected chi connectivity index (χ3v) is 5.88. The van der Waals surface area contributed by atoms with E-state index in [-0.39, 0.29) is 35.7 Å². The predicted molar refractivity (Wildman–Crippen MR) is 113 cm³/mol. The summed E-state index contributed by atoms with van der Waals surface area (Å²) in [5, 5.41) is 6.18. The minimum absolute atomic E-state index is 0.0886. The van der Waals surface area contributed by atoms with E-state index in [0.717, 1.165) is 18.3 Å². The van der Waals surface area contributed by atoms with E-state index >= 15 is 0 Å². The van der Waals surface area contributed by atoms with E-state index in [9.17, 15) is 35.5 Å². The van der Waals surface area contributed by atoms with Crippen LogP contribution in [0.15, 0.2) is 35.0 Å². The van der Waals surface area contributed by atoms with E-state index in [1.54, 1.807) is 0 Å². The number of piperidine rings is 1. The summed E-state index contributed by atoms with van der Waals surface area (Å²) in [5.74, 6) is -4.01. The standard InChI is InChI=1S/C22H19F7N6O2/c1-11-8-12(18(36)31-16-4-6-30-20(33-16)22(27,28)29)5-7-35(11)10-17-32-19(37-34-17)13-2-3-15(23)14(9-13)21(24,25)26/h2-4,6,9,11-12H,5,7-8,10H2,1H3,(H,30,31,33,36). The van der Waals surface area contributed by atoms with Gasteiger partial charge in [-0.15, -0.1) is 0 Å². The van der Waals surface area contributed by atoms with Gasteiger partial charge in [-0.3, -0.25) is 9.69 Å². The van der Waals surface area contributed by atoms with Crippen molar-refractivity contribution in [1.82, 2.24) is 25.0 Å². The second-order valence-corrected chi connectivity index (χ2v) is 8.50. The first-order valence-corrected chi connectivity index (χ1v) is 11.0. The van der Waals surface area contributed by atoms with Crippen molar-refractivity contribution < 1.29 is 40.1 Å². The molecule has 1 aliphatic rings. The Morgan fingerprint density at radius 3 is 2.57 bits per heavy atom. The van der Waals surface area contributed by atoms with Gasteiger partial charge in [0.05, 0.1) is 12.1 Å². The summed E-state index contributed by atoms with van der Waals surface area (Å²) in [4.78, 5) is 25.1. The molecule has 2 aromatic heterocycles. The monoisotopic (exact) mass is 532 g/mol. The van der Waals surface area contributed by atoms with Gasteiger partial charge in [0, 0.05) is 23.7 Å². The molecular formula is C22H19F7N6O2. The fourth-order valence-electron chi connectivity index (χ4n) is 3.98. The quantitative estimate of drug-likeness (QED) is 0.465. The fraction of sp³-hybridized carbons (Fsp3) is 0.409. The Morgan fingerprint density at radius 2 is 1.89 bits per heavy atom. The van der Waals surface area contributed by atoms with Gasteiger partial charge in [-0.05, 0) is 50.6 Å². The molecule has 1 fully saturated rings. The van der Waals surface area contributed by atoms with Gasteiger partial charge in [0.15, 0.2) is 5.82 Å². The Balaban J connectivity index is 1.37. The lowest BCUT2D eigenvalue weighted by Gasteiger charge is -2.36. The third-order valence-electron chi connectivity index (χ3n) is 5.88. The van der Waals surface area contributed by atoms with Crippen LogP contribution in [0.25, 0.3) is 11.5 Å². The highest BCUT2D eigenvalue weighted by molar-refractivity contribution is 5.91. The molecule has 0 bridgehead atoms. The number of aromatic nitrogens is 4. The molecule has 37 heavy (non-hydrogen) atoms. The number of anilines is 1. The molecule has 1 amide bonds. The van der Waals surface area contributed by atoms with Gasteiger partial charge >= 0.3 is 12.4 Å². The van der Waals surface area contributed by atoms with Gasteiger partial charge in [-0.1, -0.05) is 5.16 Å². The molecule has 3 aromatic rings. The second kappa shape index (κ2) is 10.0. The summed E-state index contributed by atoms with van der Waals surface area (Å²) in [6.07, 6.45) is -7.96.